The zero-order chi connectivity index (χ0) is 17.3. The van der Waals surface area contributed by atoms with Gasteiger partial charge >= 0.3 is 5.97 Å². The summed E-state index contributed by atoms with van der Waals surface area (Å²) >= 11 is 0. The van der Waals surface area contributed by atoms with E-state index >= 15 is 0 Å². The van der Waals surface area contributed by atoms with Crippen molar-refractivity contribution in [3.8, 4) is 0 Å². The second-order valence-electron chi connectivity index (χ2n) is 8.74. The van der Waals surface area contributed by atoms with Gasteiger partial charge in [-0.05, 0) is 58.9 Å². The van der Waals surface area contributed by atoms with E-state index in [9.17, 15) is 4.79 Å². The summed E-state index contributed by atoms with van der Waals surface area (Å²) in [5.41, 5.74) is 0. The second kappa shape index (κ2) is 6.86. The minimum Gasteiger partial charge on any atom is -0.455 e. The molecule has 1 heterocycles. The maximum Gasteiger partial charge on any atom is 0.337 e. The Bertz CT molecular complexity index is 395. The van der Waals surface area contributed by atoms with Crippen LogP contribution in [-0.2, 0) is 22.8 Å². The molecule has 0 aromatic carbocycles. The summed E-state index contributed by atoms with van der Waals surface area (Å²) < 4.78 is 23.7. The van der Waals surface area contributed by atoms with Gasteiger partial charge in [0.25, 0.3) is 0 Å². The van der Waals surface area contributed by atoms with Gasteiger partial charge in [-0.15, -0.1) is 0 Å². The van der Waals surface area contributed by atoms with Gasteiger partial charge in [-0.1, -0.05) is 0 Å². The Hall–Kier alpha value is 0.000649. The zero-order valence-electron chi connectivity index (χ0n) is 15.5. The van der Waals surface area contributed by atoms with Gasteiger partial charge in [0.1, 0.15) is 6.10 Å². The van der Waals surface area contributed by atoms with E-state index < -0.39 is 31.1 Å². The van der Waals surface area contributed by atoms with E-state index in [0.717, 1.165) is 0 Å². The van der Waals surface area contributed by atoms with Crippen LogP contribution < -0.4 is 0 Å². The molecule has 130 valence electrons. The van der Waals surface area contributed by atoms with Crippen molar-refractivity contribution in [1.82, 2.24) is 0 Å². The molecule has 0 aromatic rings. The van der Waals surface area contributed by atoms with E-state index in [1.165, 1.54) is 0 Å². The van der Waals surface area contributed by atoms with Gasteiger partial charge in [0, 0.05) is 0 Å². The fourth-order valence-corrected chi connectivity index (χ4v) is 4.86. The Balaban J connectivity index is 2.89. The van der Waals surface area contributed by atoms with Crippen LogP contribution in [0.4, 0.5) is 0 Å². The molecule has 1 rings (SSSR count). The van der Waals surface area contributed by atoms with E-state index in [1.54, 1.807) is 0 Å². The maximum atomic E-state index is 12.2. The summed E-state index contributed by atoms with van der Waals surface area (Å²) in [7, 11) is -5.37. The van der Waals surface area contributed by atoms with Crippen LogP contribution in [0.2, 0.25) is 58.9 Å². The minimum absolute atomic E-state index is 0.310. The van der Waals surface area contributed by atoms with E-state index in [1.807, 2.05) is 0 Å². The fraction of sp³-hybridized carbons (Fsp3) is 0.929. The molecule has 0 aliphatic carbocycles. The van der Waals surface area contributed by atoms with Crippen molar-refractivity contribution in [3.63, 3.8) is 0 Å². The summed E-state index contributed by atoms with van der Waals surface area (Å²) in [6, 6.07) is 0. The van der Waals surface area contributed by atoms with Gasteiger partial charge in [-0.25, -0.2) is 4.79 Å². The minimum atomic E-state index is -1.87. The molecule has 1 aliphatic heterocycles. The Labute approximate surface area is 138 Å². The number of carbonyl (C=O) groups is 1. The summed E-state index contributed by atoms with van der Waals surface area (Å²) in [4.78, 5) is 12.2. The van der Waals surface area contributed by atoms with Crippen molar-refractivity contribution < 1.29 is 22.8 Å². The standard InChI is InChI=1S/C14H32O5Si3/c1-20(2,3)16-10-11-12(18-21(4,5)6)13(14(15)17-11)19-22(7,8)9/h11-13H,10H2,1-9H3/t11-,12+,13-/m1/s1. The lowest BCUT2D eigenvalue weighted by atomic mass is 10.1. The molecule has 3 atom stereocenters. The zero-order valence-corrected chi connectivity index (χ0v) is 18.5. The van der Waals surface area contributed by atoms with Crippen molar-refractivity contribution >= 4 is 30.9 Å². The molecule has 0 radical (unpaired) electrons. The molecule has 0 amide bonds. The number of cyclic esters (lactones) is 1. The lowest BCUT2D eigenvalue weighted by molar-refractivity contribution is -0.147. The highest BCUT2D eigenvalue weighted by Gasteiger charge is 2.49. The van der Waals surface area contributed by atoms with Crippen LogP contribution in [0.3, 0.4) is 0 Å². The first-order valence-corrected chi connectivity index (χ1v) is 18.1. The van der Waals surface area contributed by atoms with Gasteiger partial charge in [-0.2, -0.15) is 0 Å². The molecule has 5 nitrogen and oxygen atoms in total. The maximum absolute atomic E-state index is 12.2. The van der Waals surface area contributed by atoms with Crippen LogP contribution in [-0.4, -0.2) is 55.8 Å². The van der Waals surface area contributed by atoms with Crippen molar-refractivity contribution in [2.75, 3.05) is 6.61 Å². The number of hydrogen-bond donors (Lipinski definition) is 0. The monoisotopic (exact) mass is 364 g/mol. The van der Waals surface area contributed by atoms with Gasteiger partial charge in [0.2, 0.25) is 0 Å². The molecule has 1 fully saturated rings. The number of hydrogen-bond acceptors (Lipinski definition) is 5. The van der Waals surface area contributed by atoms with Gasteiger partial charge in [0.05, 0.1) is 6.61 Å². The molecule has 22 heavy (non-hydrogen) atoms. The molecule has 1 aliphatic rings. The molecule has 0 bridgehead atoms. The molecule has 1 saturated heterocycles. The van der Waals surface area contributed by atoms with Crippen LogP contribution in [0, 0.1) is 0 Å². The van der Waals surface area contributed by atoms with Crippen LogP contribution in [0.1, 0.15) is 0 Å². The fourth-order valence-electron chi connectivity index (χ4n) is 2.12. The van der Waals surface area contributed by atoms with E-state index in [0.29, 0.717) is 6.61 Å². The third-order valence-corrected chi connectivity index (χ3v) is 5.79. The Morgan fingerprint density at radius 2 is 1.36 bits per heavy atom. The Kier molecular flexibility index (Phi) is 6.25. The van der Waals surface area contributed by atoms with Crippen LogP contribution in [0.15, 0.2) is 0 Å². The first kappa shape index (κ1) is 20.0. The normalized spacial score (nSPS) is 27.1. The van der Waals surface area contributed by atoms with E-state index in [4.69, 9.17) is 18.0 Å². The lowest BCUT2D eigenvalue weighted by Crippen LogP contribution is -2.48. The third-order valence-electron chi connectivity index (χ3n) is 2.82. The molecule has 0 spiro atoms. The third kappa shape index (κ3) is 7.05. The highest BCUT2D eigenvalue weighted by molar-refractivity contribution is 6.70. The topological polar surface area (TPSA) is 54.0 Å². The molecule has 0 saturated carbocycles. The number of esters is 1. The van der Waals surface area contributed by atoms with Gasteiger partial charge in [0.15, 0.2) is 37.2 Å². The van der Waals surface area contributed by atoms with Crippen LogP contribution >= 0.6 is 0 Å². The molecule has 0 aromatic heterocycles. The molecular formula is C14H32O5Si3. The molecule has 0 N–H and O–H groups in total. The first-order valence-electron chi connectivity index (χ1n) is 7.88. The van der Waals surface area contributed by atoms with Crippen molar-refractivity contribution in [1.29, 1.82) is 0 Å². The number of carbonyl (C=O) groups excluding carboxylic acids is 1. The van der Waals surface area contributed by atoms with Crippen LogP contribution in [0.5, 0.6) is 0 Å². The quantitative estimate of drug-likeness (QED) is 0.513. The lowest BCUT2D eigenvalue weighted by Gasteiger charge is -2.32. The summed E-state index contributed by atoms with van der Waals surface area (Å²) in [5.74, 6) is -0.310. The predicted octanol–water partition coefficient (Wildman–Crippen LogP) is 3.20. The number of rotatable bonds is 7. The SMILES string of the molecule is C[Si](C)(C)OC[C@H]1OC(=O)[C@H](O[Si](C)(C)C)[C@H]1O[Si](C)(C)C. The van der Waals surface area contributed by atoms with Crippen LogP contribution in [0.25, 0.3) is 0 Å². The molecule has 8 heteroatoms. The van der Waals surface area contributed by atoms with Gasteiger partial charge < -0.3 is 18.0 Å². The number of ether oxygens (including phenoxy) is 1. The smallest absolute Gasteiger partial charge is 0.337 e. The average Bonchev–Trinajstić information content (AvgIpc) is 2.49. The van der Waals surface area contributed by atoms with E-state index in [2.05, 4.69) is 58.9 Å². The average molecular weight is 365 g/mol. The van der Waals surface area contributed by atoms with Gasteiger partial charge in [-0.3, -0.25) is 0 Å². The van der Waals surface area contributed by atoms with Crippen molar-refractivity contribution in [2.24, 2.45) is 0 Å². The highest BCUT2D eigenvalue weighted by atomic mass is 28.4. The summed E-state index contributed by atoms with van der Waals surface area (Å²) in [5, 5.41) is 0. The first-order chi connectivity index (χ1) is 9.68. The summed E-state index contributed by atoms with van der Waals surface area (Å²) in [6.07, 6.45) is -1.34. The van der Waals surface area contributed by atoms with Crippen molar-refractivity contribution in [2.45, 2.75) is 77.2 Å². The summed E-state index contributed by atoms with van der Waals surface area (Å²) in [6.45, 7) is 19.3. The molecular weight excluding hydrogens is 332 g/mol. The molecule has 0 unspecified atom stereocenters. The van der Waals surface area contributed by atoms with E-state index in [-0.39, 0.29) is 18.2 Å². The Morgan fingerprint density at radius 1 is 0.864 bits per heavy atom. The Morgan fingerprint density at radius 3 is 1.77 bits per heavy atom. The highest BCUT2D eigenvalue weighted by Crippen LogP contribution is 2.28. The predicted molar refractivity (Wildman–Crippen MR) is 95.6 cm³/mol. The van der Waals surface area contributed by atoms with Crippen molar-refractivity contribution in [3.05, 3.63) is 0 Å². The largest absolute Gasteiger partial charge is 0.455 e. The second-order valence-corrected chi connectivity index (χ2v) is 22.2.